The molecule has 0 aliphatic rings. The van der Waals surface area contributed by atoms with E-state index in [0.29, 0.717) is 0 Å². The van der Waals surface area contributed by atoms with Crippen LogP contribution in [0.4, 0.5) is 10.1 Å². The second-order valence-corrected chi connectivity index (χ2v) is 4.05. The van der Waals surface area contributed by atoms with Crippen molar-refractivity contribution in [2.45, 2.75) is 6.54 Å². The maximum Gasteiger partial charge on any atom is 0.255 e. The lowest BCUT2D eigenvalue weighted by Crippen LogP contribution is -2.23. The van der Waals surface area contributed by atoms with Crippen molar-refractivity contribution >= 4 is 11.6 Å². The summed E-state index contributed by atoms with van der Waals surface area (Å²) in [6, 6.07) is 10.4. The number of nitrogens with one attached hydrogen (secondary N) is 1. The average molecular weight is 260 g/mol. The molecular weight excluding hydrogens is 247 g/mol. The van der Waals surface area contributed by atoms with Gasteiger partial charge < -0.3 is 16.2 Å². The predicted octanol–water partition coefficient (Wildman–Crippen LogP) is 2.04. The summed E-state index contributed by atoms with van der Waals surface area (Å²) >= 11 is 0. The Morgan fingerprint density at radius 1 is 1.21 bits per heavy atom. The quantitative estimate of drug-likeness (QED) is 0.584. The summed E-state index contributed by atoms with van der Waals surface area (Å²) in [4.78, 5) is 11.9. The highest BCUT2D eigenvalue weighted by Gasteiger charge is 2.12. The van der Waals surface area contributed by atoms with Crippen LogP contribution < -0.4 is 11.1 Å². The largest absolute Gasteiger partial charge is 0.505 e. The van der Waals surface area contributed by atoms with Gasteiger partial charge in [0, 0.05) is 6.54 Å². The van der Waals surface area contributed by atoms with Crippen LogP contribution in [0, 0.1) is 5.82 Å². The molecule has 2 aromatic rings. The van der Waals surface area contributed by atoms with E-state index in [9.17, 15) is 14.3 Å². The summed E-state index contributed by atoms with van der Waals surface area (Å²) in [5.74, 6) is -1.00. The Balaban J connectivity index is 2.05. The molecule has 0 spiro atoms. The van der Waals surface area contributed by atoms with Crippen LogP contribution in [0.1, 0.15) is 15.9 Å². The highest BCUT2D eigenvalue weighted by molar-refractivity contribution is 5.98. The standard InChI is InChI=1S/C14H13FN2O2/c15-10-6-4-9(5-7-10)8-17-14(19)11-2-1-3-12(16)13(11)18/h1-7,18H,8,16H2,(H,17,19). The number of aromatic hydroxyl groups is 1. The number of benzene rings is 2. The van der Waals surface area contributed by atoms with Crippen molar-refractivity contribution in [1.82, 2.24) is 5.32 Å². The fraction of sp³-hybridized carbons (Fsp3) is 0.0714. The fourth-order valence-electron chi connectivity index (χ4n) is 1.62. The summed E-state index contributed by atoms with van der Waals surface area (Å²) < 4.78 is 12.7. The third-order valence-corrected chi connectivity index (χ3v) is 2.68. The van der Waals surface area contributed by atoms with Crippen LogP contribution in [0.3, 0.4) is 0 Å². The topological polar surface area (TPSA) is 75.4 Å². The molecule has 0 aliphatic carbocycles. The molecule has 0 fully saturated rings. The smallest absolute Gasteiger partial charge is 0.255 e. The van der Waals surface area contributed by atoms with Crippen molar-refractivity contribution < 1.29 is 14.3 Å². The molecule has 0 aliphatic heterocycles. The minimum atomic E-state index is -0.436. The maximum atomic E-state index is 12.7. The first-order chi connectivity index (χ1) is 9.08. The summed E-state index contributed by atoms with van der Waals surface area (Å²) in [5.41, 5.74) is 6.53. The number of hydrogen-bond donors (Lipinski definition) is 3. The first-order valence-corrected chi connectivity index (χ1v) is 5.68. The number of nitrogen functional groups attached to an aromatic ring is 1. The number of para-hydroxylation sites is 1. The van der Waals surface area contributed by atoms with Gasteiger partial charge in [-0.25, -0.2) is 4.39 Å². The summed E-state index contributed by atoms with van der Waals surface area (Å²) in [7, 11) is 0. The van der Waals surface area contributed by atoms with Gasteiger partial charge >= 0.3 is 0 Å². The van der Waals surface area contributed by atoms with Crippen molar-refractivity contribution in [2.24, 2.45) is 0 Å². The molecule has 98 valence electrons. The summed E-state index contributed by atoms with van der Waals surface area (Å²) in [6.07, 6.45) is 0. The predicted molar refractivity (Wildman–Crippen MR) is 70.1 cm³/mol. The zero-order valence-corrected chi connectivity index (χ0v) is 10.1. The van der Waals surface area contributed by atoms with Crippen molar-refractivity contribution in [1.29, 1.82) is 0 Å². The molecule has 0 radical (unpaired) electrons. The first-order valence-electron chi connectivity index (χ1n) is 5.68. The van der Waals surface area contributed by atoms with Crippen molar-refractivity contribution in [3.63, 3.8) is 0 Å². The molecule has 5 heteroatoms. The van der Waals surface area contributed by atoms with Crippen LogP contribution in [-0.4, -0.2) is 11.0 Å². The second kappa shape index (κ2) is 5.39. The van der Waals surface area contributed by atoms with Crippen molar-refractivity contribution in [3.8, 4) is 5.75 Å². The van der Waals surface area contributed by atoms with Crippen molar-refractivity contribution in [2.75, 3.05) is 5.73 Å². The number of nitrogens with two attached hydrogens (primary N) is 1. The first kappa shape index (κ1) is 12.9. The lowest BCUT2D eigenvalue weighted by atomic mass is 10.1. The van der Waals surface area contributed by atoms with E-state index in [2.05, 4.69) is 5.32 Å². The Morgan fingerprint density at radius 2 is 1.89 bits per heavy atom. The van der Waals surface area contributed by atoms with E-state index in [1.165, 1.54) is 24.3 Å². The third-order valence-electron chi connectivity index (χ3n) is 2.68. The molecule has 0 saturated heterocycles. The molecule has 0 unspecified atom stereocenters. The molecular formula is C14H13FN2O2. The Bertz CT molecular complexity index is 597. The minimum Gasteiger partial charge on any atom is -0.505 e. The van der Waals surface area contributed by atoms with Crippen LogP contribution in [-0.2, 0) is 6.54 Å². The zero-order chi connectivity index (χ0) is 13.8. The molecule has 0 atom stereocenters. The van der Waals surface area contributed by atoms with Crippen LogP contribution in [0.15, 0.2) is 42.5 Å². The Labute approximate surface area is 109 Å². The number of halogens is 1. The van der Waals surface area contributed by atoms with Gasteiger partial charge in [0.2, 0.25) is 0 Å². The fourth-order valence-corrected chi connectivity index (χ4v) is 1.62. The van der Waals surface area contributed by atoms with Gasteiger partial charge in [-0.2, -0.15) is 0 Å². The number of phenolic OH excluding ortho intramolecular Hbond substituents is 1. The van der Waals surface area contributed by atoms with E-state index in [0.717, 1.165) is 5.56 Å². The van der Waals surface area contributed by atoms with Crippen LogP contribution in [0.5, 0.6) is 5.75 Å². The molecule has 19 heavy (non-hydrogen) atoms. The van der Waals surface area contributed by atoms with Gasteiger partial charge in [-0.05, 0) is 29.8 Å². The van der Waals surface area contributed by atoms with Gasteiger partial charge in [0.25, 0.3) is 5.91 Å². The monoisotopic (exact) mass is 260 g/mol. The molecule has 4 N–H and O–H groups in total. The van der Waals surface area contributed by atoms with Gasteiger partial charge in [0.05, 0.1) is 11.3 Å². The molecule has 0 aromatic heterocycles. The highest BCUT2D eigenvalue weighted by atomic mass is 19.1. The van der Waals surface area contributed by atoms with E-state index in [4.69, 9.17) is 5.73 Å². The molecule has 4 nitrogen and oxygen atoms in total. The van der Waals surface area contributed by atoms with E-state index in [1.807, 2.05) is 0 Å². The van der Waals surface area contributed by atoms with Gasteiger partial charge in [0.1, 0.15) is 5.82 Å². The van der Waals surface area contributed by atoms with Crippen LogP contribution >= 0.6 is 0 Å². The van der Waals surface area contributed by atoms with E-state index in [1.54, 1.807) is 18.2 Å². The molecule has 2 rings (SSSR count). The molecule has 0 heterocycles. The number of hydrogen-bond acceptors (Lipinski definition) is 3. The summed E-state index contributed by atoms with van der Waals surface area (Å²) in [5, 5.41) is 12.3. The van der Waals surface area contributed by atoms with Crippen LogP contribution in [0.25, 0.3) is 0 Å². The minimum absolute atomic E-state index is 0.113. The lowest BCUT2D eigenvalue weighted by Gasteiger charge is -2.08. The second-order valence-electron chi connectivity index (χ2n) is 4.05. The summed E-state index contributed by atoms with van der Waals surface area (Å²) in [6.45, 7) is 0.243. The van der Waals surface area contributed by atoms with Crippen LogP contribution in [0.2, 0.25) is 0 Å². The number of amides is 1. The van der Waals surface area contributed by atoms with E-state index < -0.39 is 5.91 Å². The van der Waals surface area contributed by atoms with E-state index in [-0.39, 0.29) is 29.4 Å². The molecule has 1 amide bonds. The zero-order valence-electron chi connectivity index (χ0n) is 10.1. The number of anilines is 1. The van der Waals surface area contributed by atoms with Gasteiger partial charge in [0.15, 0.2) is 5.75 Å². The van der Waals surface area contributed by atoms with Gasteiger partial charge in [-0.3, -0.25) is 4.79 Å². The normalized spacial score (nSPS) is 10.2. The van der Waals surface area contributed by atoms with Gasteiger partial charge in [-0.1, -0.05) is 18.2 Å². The molecule has 0 saturated carbocycles. The average Bonchev–Trinajstić information content (AvgIpc) is 2.41. The Hall–Kier alpha value is -2.56. The number of carbonyl (C=O) groups excluding carboxylic acids is 1. The Morgan fingerprint density at radius 3 is 2.58 bits per heavy atom. The van der Waals surface area contributed by atoms with Crippen molar-refractivity contribution in [3.05, 3.63) is 59.4 Å². The van der Waals surface area contributed by atoms with Gasteiger partial charge in [-0.15, -0.1) is 0 Å². The number of carbonyl (C=O) groups is 1. The SMILES string of the molecule is Nc1cccc(C(=O)NCc2ccc(F)cc2)c1O. The number of phenols is 1. The third kappa shape index (κ3) is 3.01. The lowest BCUT2D eigenvalue weighted by molar-refractivity contribution is 0.0948. The number of rotatable bonds is 3. The van der Waals surface area contributed by atoms with E-state index >= 15 is 0 Å². The maximum absolute atomic E-state index is 12.7. The Kier molecular flexibility index (Phi) is 3.66. The highest BCUT2D eigenvalue weighted by Crippen LogP contribution is 2.24. The molecule has 0 bridgehead atoms. The molecule has 2 aromatic carbocycles.